The standard InChI is InChI=1S/C27H36N2O2.ClH/c1-2-27(30)31-25-15-9-10-22(20-25)21-26(23-11-5-3-6-12-23)29-18-16-28(17-19-29)24-13-7-4-8-14-24;/h3,5-6,9-12,15,20,24,26H,2,4,7-8,13-14,16-19,21H2,1H3;1H. The second kappa shape index (κ2) is 12.4. The van der Waals surface area contributed by atoms with E-state index >= 15 is 0 Å². The van der Waals surface area contributed by atoms with Gasteiger partial charge in [0.1, 0.15) is 5.75 Å². The minimum absolute atomic E-state index is 0. The molecule has 1 aliphatic carbocycles. The first-order chi connectivity index (χ1) is 15.2. The third kappa shape index (κ3) is 6.57. The summed E-state index contributed by atoms with van der Waals surface area (Å²) >= 11 is 0. The van der Waals surface area contributed by atoms with Gasteiger partial charge in [-0.15, -0.1) is 12.4 Å². The van der Waals surface area contributed by atoms with Crippen molar-refractivity contribution in [1.82, 2.24) is 9.80 Å². The molecule has 0 bridgehead atoms. The second-order valence-electron chi connectivity index (χ2n) is 8.97. The molecule has 0 N–H and O–H groups in total. The number of hydrogen-bond acceptors (Lipinski definition) is 4. The maximum Gasteiger partial charge on any atom is 0.310 e. The van der Waals surface area contributed by atoms with E-state index in [0.29, 0.717) is 18.2 Å². The van der Waals surface area contributed by atoms with E-state index in [1.54, 1.807) is 0 Å². The highest BCUT2D eigenvalue weighted by Gasteiger charge is 2.29. The first-order valence-electron chi connectivity index (χ1n) is 12.1. The van der Waals surface area contributed by atoms with Crippen LogP contribution in [-0.2, 0) is 11.2 Å². The fraction of sp³-hybridized carbons (Fsp3) is 0.519. The zero-order valence-electron chi connectivity index (χ0n) is 19.2. The number of benzene rings is 2. The van der Waals surface area contributed by atoms with Gasteiger partial charge in [0.15, 0.2) is 0 Å². The summed E-state index contributed by atoms with van der Waals surface area (Å²) in [6.45, 7) is 6.38. The SMILES string of the molecule is CCC(=O)Oc1cccc(CC(c2ccccc2)N2CCN(C3CCCCC3)CC2)c1.Cl. The van der Waals surface area contributed by atoms with Gasteiger partial charge < -0.3 is 4.74 Å². The van der Waals surface area contributed by atoms with Crippen molar-refractivity contribution in [2.45, 2.75) is 64.0 Å². The Kier molecular flexibility index (Phi) is 9.58. The lowest BCUT2D eigenvalue weighted by molar-refractivity contribution is -0.134. The Morgan fingerprint density at radius 2 is 1.69 bits per heavy atom. The van der Waals surface area contributed by atoms with Crippen molar-refractivity contribution in [3.05, 3.63) is 65.7 Å². The molecule has 1 heterocycles. The maximum absolute atomic E-state index is 11.7. The van der Waals surface area contributed by atoms with E-state index in [2.05, 4.69) is 46.2 Å². The van der Waals surface area contributed by atoms with Crippen LogP contribution in [0, 0.1) is 0 Å². The van der Waals surface area contributed by atoms with Gasteiger partial charge in [-0.2, -0.15) is 0 Å². The molecule has 32 heavy (non-hydrogen) atoms. The van der Waals surface area contributed by atoms with E-state index in [1.165, 1.54) is 56.3 Å². The lowest BCUT2D eigenvalue weighted by Gasteiger charge is -2.43. The van der Waals surface area contributed by atoms with E-state index in [4.69, 9.17) is 4.74 Å². The van der Waals surface area contributed by atoms with Crippen molar-refractivity contribution < 1.29 is 9.53 Å². The Balaban J connectivity index is 0.00000289. The predicted molar refractivity (Wildman–Crippen MR) is 133 cm³/mol. The van der Waals surface area contributed by atoms with Crippen molar-refractivity contribution in [3.8, 4) is 5.75 Å². The predicted octanol–water partition coefficient (Wildman–Crippen LogP) is 5.66. The highest BCUT2D eigenvalue weighted by atomic mass is 35.5. The van der Waals surface area contributed by atoms with Gasteiger partial charge in [-0.05, 0) is 42.5 Å². The molecule has 1 aliphatic heterocycles. The molecule has 174 valence electrons. The van der Waals surface area contributed by atoms with E-state index in [0.717, 1.165) is 25.6 Å². The molecule has 2 aromatic carbocycles. The minimum Gasteiger partial charge on any atom is -0.427 e. The topological polar surface area (TPSA) is 32.8 Å². The van der Waals surface area contributed by atoms with Crippen LogP contribution in [0.25, 0.3) is 0 Å². The Labute approximate surface area is 199 Å². The number of hydrogen-bond donors (Lipinski definition) is 0. The largest absolute Gasteiger partial charge is 0.427 e. The average molecular weight is 457 g/mol. The molecule has 1 atom stereocenters. The molecule has 1 unspecified atom stereocenters. The lowest BCUT2D eigenvalue weighted by Crippen LogP contribution is -2.51. The average Bonchev–Trinajstić information content (AvgIpc) is 2.84. The number of carbonyl (C=O) groups excluding carboxylic acids is 1. The normalized spacial score (nSPS) is 19.2. The molecule has 2 aliphatic rings. The van der Waals surface area contributed by atoms with Crippen LogP contribution in [0.15, 0.2) is 54.6 Å². The van der Waals surface area contributed by atoms with E-state index < -0.39 is 0 Å². The number of esters is 1. The molecule has 0 amide bonds. The number of carbonyl (C=O) groups is 1. The van der Waals surface area contributed by atoms with Gasteiger partial charge in [-0.1, -0.05) is 68.7 Å². The molecule has 0 radical (unpaired) electrons. The Morgan fingerprint density at radius 1 is 0.969 bits per heavy atom. The molecule has 1 saturated heterocycles. The number of rotatable bonds is 7. The number of piperazine rings is 1. The summed E-state index contributed by atoms with van der Waals surface area (Å²) < 4.78 is 5.46. The lowest BCUT2D eigenvalue weighted by atomic mass is 9.93. The highest BCUT2D eigenvalue weighted by Crippen LogP contribution is 2.30. The van der Waals surface area contributed by atoms with Gasteiger partial charge in [0, 0.05) is 44.7 Å². The molecule has 1 saturated carbocycles. The Morgan fingerprint density at radius 3 is 2.38 bits per heavy atom. The van der Waals surface area contributed by atoms with Crippen molar-refractivity contribution in [3.63, 3.8) is 0 Å². The number of ether oxygens (including phenoxy) is 1. The van der Waals surface area contributed by atoms with E-state index in [1.807, 2.05) is 25.1 Å². The quantitative estimate of drug-likeness (QED) is 0.397. The van der Waals surface area contributed by atoms with Crippen LogP contribution in [-0.4, -0.2) is 48.0 Å². The van der Waals surface area contributed by atoms with Gasteiger partial charge >= 0.3 is 5.97 Å². The van der Waals surface area contributed by atoms with Crippen LogP contribution in [0.5, 0.6) is 5.75 Å². The van der Waals surface area contributed by atoms with Gasteiger partial charge in [-0.25, -0.2) is 0 Å². The van der Waals surface area contributed by atoms with Crippen molar-refractivity contribution in [2.24, 2.45) is 0 Å². The summed E-state index contributed by atoms with van der Waals surface area (Å²) in [7, 11) is 0. The third-order valence-corrected chi connectivity index (χ3v) is 6.91. The monoisotopic (exact) mass is 456 g/mol. The summed E-state index contributed by atoms with van der Waals surface area (Å²) in [6, 6.07) is 20.1. The fourth-order valence-electron chi connectivity index (χ4n) is 5.16. The molecule has 5 heteroatoms. The molecule has 0 spiro atoms. The molecule has 2 aromatic rings. The van der Waals surface area contributed by atoms with Crippen molar-refractivity contribution >= 4 is 18.4 Å². The summed E-state index contributed by atoms with van der Waals surface area (Å²) in [5.74, 6) is 0.467. The van der Waals surface area contributed by atoms with Gasteiger partial charge in [0.2, 0.25) is 0 Å². The first-order valence-corrected chi connectivity index (χ1v) is 12.1. The maximum atomic E-state index is 11.7. The summed E-state index contributed by atoms with van der Waals surface area (Å²) in [6.07, 6.45) is 8.29. The van der Waals surface area contributed by atoms with Gasteiger partial charge in [-0.3, -0.25) is 14.6 Å². The smallest absolute Gasteiger partial charge is 0.310 e. The molecular weight excluding hydrogens is 420 g/mol. The zero-order valence-corrected chi connectivity index (χ0v) is 20.1. The van der Waals surface area contributed by atoms with Gasteiger partial charge in [0.25, 0.3) is 0 Å². The molecule has 4 rings (SSSR count). The molecule has 0 aromatic heterocycles. The number of halogens is 1. The molecule has 2 fully saturated rings. The van der Waals surface area contributed by atoms with Crippen LogP contribution < -0.4 is 4.74 Å². The van der Waals surface area contributed by atoms with Crippen LogP contribution in [0.2, 0.25) is 0 Å². The summed E-state index contributed by atoms with van der Waals surface area (Å²) in [5, 5.41) is 0. The highest BCUT2D eigenvalue weighted by molar-refractivity contribution is 5.85. The first kappa shape index (κ1) is 24.8. The minimum atomic E-state index is -0.185. The number of nitrogens with zero attached hydrogens (tertiary/aromatic N) is 2. The summed E-state index contributed by atoms with van der Waals surface area (Å²) in [4.78, 5) is 17.1. The van der Waals surface area contributed by atoms with Crippen LogP contribution in [0.4, 0.5) is 0 Å². The van der Waals surface area contributed by atoms with Crippen LogP contribution >= 0.6 is 12.4 Å². The van der Waals surface area contributed by atoms with Crippen LogP contribution in [0.3, 0.4) is 0 Å². The van der Waals surface area contributed by atoms with E-state index in [9.17, 15) is 4.79 Å². The second-order valence-corrected chi connectivity index (χ2v) is 8.97. The van der Waals surface area contributed by atoms with Crippen molar-refractivity contribution in [1.29, 1.82) is 0 Å². The van der Waals surface area contributed by atoms with Crippen molar-refractivity contribution in [2.75, 3.05) is 26.2 Å². The third-order valence-electron chi connectivity index (χ3n) is 6.91. The van der Waals surface area contributed by atoms with Gasteiger partial charge in [0.05, 0.1) is 0 Å². The fourth-order valence-corrected chi connectivity index (χ4v) is 5.16. The zero-order chi connectivity index (χ0) is 21.5. The molecular formula is C27H37ClN2O2. The van der Waals surface area contributed by atoms with Crippen LogP contribution in [0.1, 0.15) is 62.6 Å². The Hall–Kier alpha value is -1.88. The Bertz CT molecular complexity index is 831. The van der Waals surface area contributed by atoms with E-state index in [-0.39, 0.29) is 18.4 Å². The molecule has 4 nitrogen and oxygen atoms in total. The summed E-state index contributed by atoms with van der Waals surface area (Å²) in [5.41, 5.74) is 2.58.